The molecule has 0 amide bonds. The summed E-state index contributed by atoms with van der Waals surface area (Å²) in [4.78, 5) is 24.8. The van der Waals surface area contributed by atoms with Crippen LogP contribution >= 0.6 is 12.4 Å². The van der Waals surface area contributed by atoms with Crippen LogP contribution < -0.4 is 11.4 Å². The molecule has 0 bridgehead atoms. The molecule has 30 heavy (non-hydrogen) atoms. The van der Waals surface area contributed by atoms with Crippen molar-refractivity contribution in [3.8, 4) is 11.4 Å². The van der Waals surface area contributed by atoms with Gasteiger partial charge < -0.3 is 10.5 Å². The molecule has 0 spiro atoms. The zero-order chi connectivity index (χ0) is 21.0. The molecule has 2 aromatic carbocycles. The lowest BCUT2D eigenvalue weighted by atomic mass is 10.0. The number of benzene rings is 2. The fourth-order valence-corrected chi connectivity index (χ4v) is 3.21. The van der Waals surface area contributed by atoms with Gasteiger partial charge >= 0.3 is 11.7 Å². The second-order valence-corrected chi connectivity index (χ2v) is 6.97. The highest BCUT2D eigenvalue weighted by molar-refractivity contribution is 5.85. The van der Waals surface area contributed by atoms with Crippen LogP contribution in [0.1, 0.15) is 30.8 Å². The number of nitrogens with zero attached hydrogens (tertiary/aromatic N) is 3. The minimum absolute atomic E-state index is 0. The van der Waals surface area contributed by atoms with Crippen molar-refractivity contribution < 1.29 is 9.53 Å². The van der Waals surface area contributed by atoms with E-state index in [4.69, 9.17) is 10.5 Å². The molecule has 3 rings (SSSR count). The fraction of sp³-hybridized carbons (Fsp3) is 0.318. The van der Waals surface area contributed by atoms with Crippen LogP contribution in [-0.2, 0) is 22.5 Å². The normalized spacial score (nSPS) is 11.6. The zero-order valence-corrected chi connectivity index (χ0v) is 18.2. The molecule has 0 saturated carbocycles. The highest BCUT2D eigenvalue weighted by atomic mass is 35.5. The predicted octanol–water partition coefficient (Wildman–Crippen LogP) is 2.95. The molecule has 0 aliphatic heterocycles. The molecule has 1 heterocycles. The number of aromatic nitrogens is 3. The van der Waals surface area contributed by atoms with Crippen LogP contribution in [0.25, 0.3) is 11.4 Å². The van der Waals surface area contributed by atoms with Crippen LogP contribution in [0.2, 0.25) is 0 Å². The van der Waals surface area contributed by atoms with Crippen molar-refractivity contribution in [3.05, 3.63) is 76.0 Å². The molecular formula is C22H27ClN4O3. The molecule has 1 atom stereocenters. The number of carbonyl (C=O) groups is 1. The second-order valence-electron chi connectivity index (χ2n) is 6.97. The first-order chi connectivity index (χ1) is 13.9. The van der Waals surface area contributed by atoms with Crippen LogP contribution in [0, 0.1) is 12.8 Å². The Kier molecular flexibility index (Phi) is 7.97. The van der Waals surface area contributed by atoms with E-state index in [0.717, 1.165) is 16.8 Å². The number of ether oxygens (including phenoxy) is 1. The first kappa shape index (κ1) is 23.4. The van der Waals surface area contributed by atoms with Crippen molar-refractivity contribution in [2.24, 2.45) is 11.7 Å². The summed E-state index contributed by atoms with van der Waals surface area (Å²) in [6, 6.07) is 15.0. The Hall–Kier alpha value is -2.90. The summed E-state index contributed by atoms with van der Waals surface area (Å²) < 4.78 is 8.00. The maximum Gasteiger partial charge on any atom is 0.355 e. The largest absolute Gasteiger partial charge is 0.466 e. The van der Waals surface area contributed by atoms with Crippen molar-refractivity contribution in [1.82, 2.24) is 14.3 Å². The van der Waals surface area contributed by atoms with E-state index in [2.05, 4.69) is 5.10 Å². The number of esters is 1. The maximum atomic E-state index is 12.9. The first-order valence-corrected chi connectivity index (χ1v) is 9.68. The molecule has 0 fully saturated rings. The molecule has 0 saturated heterocycles. The van der Waals surface area contributed by atoms with Crippen molar-refractivity contribution in [2.45, 2.75) is 33.7 Å². The minimum atomic E-state index is -0.240. The van der Waals surface area contributed by atoms with Gasteiger partial charge in [0, 0.05) is 6.54 Å². The Morgan fingerprint density at radius 3 is 2.20 bits per heavy atom. The molecular weight excluding hydrogens is 404 g/mol. The van der Waals surface area contributed by atoms with E-state index < -0.39 is 0 Å². The summed E-state index contributed by atoms with van der Waals surface area (Å²) in [5, 5.41) is 4.40. The topological polar surface area (TPSA) is 92.1 Å². The first-order valence-electron chi connectivity index (χ1n) is 9.68. The summed E-state index contributed by atoms with van der Waals surface area (Å²) >= 11 is 0. The Morgan fingerprint density at radius 2 is 1.63 bits per heavy atom. The van der Waals surface area contributed by atoms with Crippen molar-refractivity contribution >= 4 is 18.4 Å². The molecule has 2 N–H and O–H groups in total. The Bertz CT molecular complexity index is 1040. The lowest BCUT2D eigenvalue weighted by Crippen LogP contribution is -2.23. The van der Waals surface area contributed by atoms with E-state index in [1.54, 1.807) is 18.4 Å². The van der Waals surface area contributed by atoms with Gasteiger partial charge in [-0.1, -0.05) is 31.2 Å². The summed E-state index contributed by atoms with van der Waals surface area (Å²) in [6.07, 6.45) is 0.583. The highest BCUT2D eigenvalue weighted by Gasteiger charge is 2.16. The van der Waals surface area contributed by atoms with Crippen molar-refractivity contribution in [3.63, 3.8) is 0 Å². The average molecular weight is 431 g/mol. The van der Waals surface area contributed by atoms with Crippen molar-refractivity contribution in [1.29, 1.82) is 0 Å². The molecule has 8 heteroatoms. The third-order valence-electron chi connectivity index (χ3n) is 4.78. The molecule has 1 aromatic heterocycles. The fourth-order valence-electron chi connectivity index (χ4n) is 3.21. The average Bonchev–Trinajstić information content (AvgIpc) is 3.03. The summed E-state index contributed by atoms with van der Waals surface area (Å²) in [6.45, 7) is 6.27. The van der Waals surface area contributed by atoms with E-state index in [9.17, 15) is 9.59 Å². The number of aryl methyl sites for hydroxylation is 1. The standard InChI is InChI=1S/C22H26N4O3.ClH/c1-4-29-21(27)15(2)13-17-5-9-19(10-6-17)25-16(3)24-26(22(25)28)20-11-7-18(14-23)8-12-20;/h5-12,15H,4,13-14,23H2,1-3H3;1H. The van der Waals surface area contributed by atoms with E-state index in [1.807, 2.05) is 55.5 Å². The van der Waals surface area contributed by atoms with Crippen molar-refractivity contribution in [2.75, 3.05) is 6.61 Å². The summed E-state index contributed by atoms with van der Waals surface area (Å²) in [5.74, 6) is 0.167. The van der Waals surface area contributed by atoms with E-state index in [-0.39, 0.29) is 30.0 Å². The van der Waals surface area contributed by atoms with Crippen LogP contribution in [0.4, 0.5) is 0 Å². The van der Waals surface area contributed by atoms with E-state index >= 15 is 0 Å². The zero-order valence-electron chi connectivity index (χ0n) is 17.4. The molecule has 0 aliphatic rings. The van der Waals surface area contributed by atoms with Gasteiger partial charge in [-0.05, 0) is 55.7 Å². The van der Waals surface area contributed by atoms with Gasteiger partial charge in [0.05, 0.1) is 23.9 Å². The maximum absolute atomic E-state index is 12.9. The van der Waals surface area contributed by atoms with Gasteiger partial charge in [0.25, 0.3) is 0 Å². The van der Waals surface area contributed by atoms with Crippen LogP contribution in [-0.4, -0.2) is 26.9 Å². The lowest BCUT2D eigenvalue weighted by molar-refractivity contribution is -0.147. The number of hydrogen-bond acceptors (Lipinski definition) is 5. The SMILES string of the molecule is CCOC(=O)C(C)Cc1ccc(-n2c(C)nn(-c3ccc(CN)cc3)c2=O)cc1.Cl. The van der Waals surface area contributed by atoms with E-state index in [1.165, 1.54) is 4.68 Å². The molecule has 7 nitrogen and oxygen atoms in total. The number of nitrogens with two attached hydrogens (primary N) is 1. The lowest BCUT2D eigenvalue weighted by Gasteiger charge is -2.11. The quantitative estimate of drug-likeness (QED) is 0.582. The smallest absolute Gasteiger partial charge is 0.355 e. The third kappa shape index (κ3) is 4.98. The summed E-state index contributed by atoms with van der Waals surface area (Å²) in [7, 11) is 0. The highest BCUT2D eigenvalue weighted by Crippen LogP contribution is 2.15. The van der Waals surface area contributed by atoms with Gasteiger partial charge in [0.1, 0.15) is 5.82 Å². The van der Waals surface area contributed by atoms with Crippen LogP contribution in [0.3, 0.4) is 0 Å². The van der Waals surface area contributed by atoms with Crippen LogP contribution in [0.5, 0.6) is 0 Å². The van der Waals surface area contributed by atoms with Gasteiger partial charge in [0.15, 0.2) is 0 Å². The third-order valence-corrected chi connectivity index (χ3v) is 4.78. The number of rotatable bonds is 7. The molecule has 0 radical (unpaired) electrons. The Labute approximate surface area is 181 Å². The van der Waals surface area contributed by atoms with Gasteiger partial charge in [-0.2, -0.15) is 4.68 Å². The van der Waals surface area contributed by atoms with Gasteiger partial charge in [-0.3, -0.25) is 4.79 Å². The summed E-state index contributed by atoms with van der Waals surface area (Å²) in [5.41, 5.74) is 8.80. The second kappa shape index (κ2) is 10.2. The monoisotopic (exact) mass is 430 g/mol. The number of hydrogen-bond donors (Lipinski definition) is 1. The number of carbonyl (C=O) groups excluding carboxylic acids is 1. The molecule has 3 aromatic rings. The Balaban J connectivity index is 0.00000320. The molecule has 160 valence electrons. The Morgan fingerprint density at radius 1 is 1.07 bits per heavy atom. The van der Waals surface area contributed by atoms with Gasteiger partial charge in [-0.25, -0.2) is 9.36 Å². The van der Waals surface area contributed by atoms with Gasteiger partial charge in [-0.15, -0.1) is 17.5 Å². The number of halogens is 1. The molecule has 1 unspecified atom stereocenters. The predicted molar refractivity (Wildman–Crippen MR) is 119 cm³/mol. The molecule has 0 aliphatic carbocycles. The minimum Gasteiger partial charge on any atom is -0.466 e. The van der Waals surface area contributed by atoms with E-state index in [0.29, 0.717) is 31.1 Å². The van der Waals surface area contributed by atoms with Gasteiger partial charge in [0.2, 0.25) is 0 Å². The van der Waals surface area contributed by atoms with Crippen LogP contribution in [0.15, 0.2) is 53.3 Å².